The van der Waals surface area contributed by atoms with Gasteiger partial charge in [0.25, 0.3) is 0 Å². The molecule has 82 valence electrons. The van der Waals surface area contributed by atoms with Crippen LogP contribution < -0.4 is 4.74 Å². The van der Waals surface area contributed by atoms with Crippen LogP contribution in [0.15, 0.2) is 30.6 Å². The number of rotatable bonds is 2. The quantitative estimate of drug-likeness (QED) is 0.763. The normalized spacial score (nSPS) is 10.2. The standard InChI is InChI=1S/C11H8Cl2N2O/c1-7-4-8(12)2-3-9(7)16-11-5-10(13)14-6-15-11/h2-6H,1H3. The van der Waals surface area contributed by atoms with Crippen molar-refractivity contribution < 1.29 is 4.74 Å². The molecule has 0 bridgehead atoms. The molecule has 1 aromatic carbocycles. The first-order chi connectivity index (χ1) is 7.65. The zero-order valence-corrected chi connectivity index (χ0v) is 9.96. The van der Waals surface area contributed by atoms with Crippen molar-refractivity contribution >= 4 is 23.2 Å². The predicted molar refractivity (Wildman–Crippen MR) is 63.3 cm³/mol. The Balaban J connectivity index is 2.27. The van der Waals surface area contributed by atoms with Gasteiger partial charge in [-0.25, -0.2) is 9.97 Å². The Kier molecular flexibility index (Phi) is 3.27. The highest BCUT2D eigenvalue weighted by atomic mass is 35.5. The second-order valence-corrected chi connectivity index (χ2v) is 4.01. The van der Waals surface area contributed by atoms with E-state index in [9.17, 15) is 0 Å². The van der Waals surface area contributed by atoms with Crippen molar-refractivity contribution in [3.63, 3.8) is 0 Å². The summed E-state index contributed by atoms with van der Waals surface area (Å²) in [5, 5.41) is 1.02. The van der Waals surface area contributed by atoms with Gasteiger partial charge in [-0.2, -0.15) is 0 Å². The van der Waals surface area contributed by atoms with Gasteiger partial charge in [-0.3, -0.25) is 0 Å². The molecule has 0 amide bonds. The van der Waals surface area contributed by atoms with Crippen LogP contribution in [0.3, 0.4) is 0 Å². The lowest BCUT2D eigenvalue weighted by molar-refractivity contribution is 0.458. The first kappa shape index (κ1) is 11.2. The fourth-order valence-corrected chi connectivity index (χ4v) is 1.58. The number of nitrogens with zero attached hydrogens (tertiary/aromatic N) is 2. The van der Waals surface area contributed by atoms with Crippen LogP contribution in [0.5, 0.6) is 11.6 Å². The van der Waals surface area contributed by atoms with Crippen LogP contribution in [0.4, 0.5) is 0 Å². The molecule has 0 N–H and O–H groups in total. The predicted octanol–water partition coefficient (Wildman–Crippen LogP) is 3.88. The molecular weight excluding hydrogens is 247 g/mol. The van der Waals surface area contributed by atoms with Crippen LogP contribution in [0, 0.1) is 6.92 Å². The highest BCUT2D eigenvalue weighted by Gasteiger charge is 2.03. The Hall–Kier alpha value is -1.32. The van der Waals surface area contributed by atoms with Gasteiger partial charge in [-0.1, -0.05) is 23.2 Å². The molecular formula is C11H8Cl2N2O. The monoisotopic (exact) mass is 254 g/mol. The van der Waals surface area contributed by atoms with Crippen molar-refractivity contribution in [2.75, 3.05) is 0 Å². The Morgan fingerprint density at radius 1 is 1.12 bits per heavy atom. The van der Waals surface area contributed by atoms with E-state index >= 15 is 0 Å². The molecule has 16 heavy (non-hydrogen) atoms. The third-order valence-electron chi connectivity index (χ3n) is 1.96. The maximum atomic E-state index is 5.84. The number of hydrogen-bond acceptors (Lipinski definition) is 3. The van der Waals surface area contributed by atoms with Crippen LogP contribution in [-0.4, -0.2) is 9.97 Å². The average molecular weight is 255 g/mol. The van der Waals surface area contributed by atoms with E-state index in [2.05, 4.69) is 9.97 Å². The minimum Gasteiger partial charge on any atom is -0.439 e. The fraction of sp³-hybridized carbons (Fsp3) is 0.0909. The average Bonchev–Trinajstić information content (AvgIpc) is 2.22. The van der Waals surface area contributed by atoms with E-state index in [0.29, 0.717) is 21.8 Å². The van der Waals surface area contributed by atoms with E-state index in [1.54, 1.807) is 18.2 Å². The first-order valence-electron chi connectivity index (χ1n) is 4.57. The maximum Gasteiger partial charge on any atom is 0.223 e. The summed E-state index contributed by atoms with van der Waals surface area (Å²) in [5.74, 6) is 1.10. The zero-order chi connectivity index (χ0) is 11.5. The summed E-state index contributed by atoms with van der Waals surface area (Å²) in [7, 11) is 0. The van der Waals surface area contributed by atoms with Gasteiger partial charge in [-0.05, 0) is 30.7 Å². The van der Waals surface area contributed by atoms with E-state index < -0.39 is 0 Å². The van der Waals surface area contributed by atoms with Gasteiger partial charge in [0.05, 0.1) is 0 Å². The van der Waals surface area contributed by atoms with Crippen molar-refractivity contribution in [1.29, 1.82) is 0 Å². The van der Waals surface area contributed by atoms with Crippen molar-refractivity contribution in [3.05, 3.63) is 46.3 Å². The third-order valence-corrected chi connectivity index (χ3v) is 2.40. The van der Waals surface area contributed by atoms with Gasteiger partial charge in [-0.15, -0.1) is 0 Å². The molecule has 0 atom stereocenters. The van der Waals surface area contributed by atoms with Crippen molar-refractivity contribution in [1.82, 2.24) is 9.97 Å². The molecule has 3 nitrogen and oxygen atoms in total. The van der Waals surface area contributed by atoms with E-state index in [4.69, 9.17) is 27.9 Å². The van der Waals surface area contributed by atoms with E-state index in [-0.39, 0.29) is 0 Å². The molecule has 1 aromatic heterocycles. The highest BCUT2D eigenvalue weighted by molar-refractivity contribution is 6.30. The molecule has 0 saturated heterocycles. The number of halogens is 2. The van der Waals surface area contributed by atoms with Crippen LogP contribution in [0.25, 0.3) is 0 Å². The van der Waals surface area contributed by atoms with Gasteiger partial charge in [0, 0.05) is 11.1 Å². The second-order valence-electron chi connectivity index (χ2n) is 3.19. The van der Waals surface area contributed by atoms with Crippen molar-refractivity contribution in [3.8, 4) is 11.6 Å². The number of aryl methyl sites for hydroxylation is 1. The molecule has 0 unspecified atom stereocenters. The molecule has 1 heterocycles. The van der Waals surface area contributed by atoms with E-state index in [1.807, 2.05) is 13.0 Å². The maximum absolute atomic E-state index is 5.84. The molecule has 0 spiro atoms. The molecule has 2 rings (SSSR count). The summed E-state index contributed by atoms with van der Waals surface area (Å²) in [5.41, 5.74) is 0.933. The topological polar surface area (TPSA) is 35.0 Å². The summed E-state index contributed by atoms with van der Waals surface area (Å²) < 4.78 is 5.55. The summed E-state index contributed by atoms with van der Waals surface area (Å²) in [6, 6.07) is 6.91. The molecule has 5 heteroatoms. The van der Waals surface area contributed by atoms with Gasteiger partial charge in [0.1, 0.15) is 17.2 Å². The van der Waals surface area contributed by atoms with Gasteiger partial charge in [0.2, 0.25) is 5.88 Å². The molecule has 0 fully saturated rings. The number of ether oxygens (including phenoxy) is 1. The van der Waals surface area contributed by atoms with Crippen molar-refractivity contribution in [2.45, 2.75) is 6.92 Å². The Labute approximate surface area is 103 Å². The lowest BCUT2D eigenvalue weighted by atomic mass is 10.2. The second kappa shape index (κ2) is 4.68. The minimum atomic E-state index is 0.344. The molecule has 0 radical (unpaired) electrons. The summed E-state index contributed by atoms with van der Waals surface area (Å²) >= 11 is 11.6. The Bertz CT molecular complexity index is 517. The van der Waals surface area contributed by atoms with Gasteiger partial charge < -0.3 is 4.74 Å². The lowest BCUT2D eigenvalue weighted by Gasteiger charge is -2.07. The SMILES string of the molecule is Cc1cc(Cl)ccc1Oc1cc(Cl)ncn1. The smallest absolute Gasteiger partial charge is 0.223 e. The molecule has 2 aromatic rings. The summed E-state index contributed by atoms with van der Waals surface area (Å²) in [6.07, 6.45) is 1.35. The number of benzene rings is 1. The van der Waals surface area contributed by atoms with Crippen LogP contribution in [-0.2, 0) is 0 Å². The van der Waals surface area contributed by atoms with Gasteiger partial charge in [0.15, 0.2) is 0 Å². The Morgan fingerprint density at radius 3 is 2.62 bits per heavy atom. The van der Waals surface area contributed by atoms with Crippen LogP contribution in [0.1, 0.15) is 5.56 Å². The fourth-order valence-electron chi connectivity index (χ4n) is 1.21. The lowest BCUT2D eigenvalue weighted by Crippen LogP contribution is -1.91. The molecule has 0 aliphatic rings. The van der Waals surface area contributed by atoms with E-state index in [1.165, 1.54) is 6.33 Å². The number of aromatic nitrogens is 2. The van der Waals surface area contributed by atoms with Crippen LogP contribution >= 0.6 is 23.2 Å². The zero-order valence-electron chi connectivity index (χ0n) is 8.45. The minimum absolute atomic E-state index is 0.344. The van der Waals surface area contributed by atoms with Crippen LogP contribution in [0.2, 0.25) is 10.2 Å². The van der Waals surface area contributed by atoms with E-state index in [0.717, 1.165) is 5.56 Å². The summed E-state index contributed by atoms with van der Waals surface area (Å²) in [4.78, 5) is 7.72. The van der Waals surface area contributed by atoms with Gasteiger partial charge >= 0.3 is 0 Å². The first-order valence-corrected chi connectivity index (χ1v) is 5.32. The van der Waals surface area contributed by atoms with Crippen molar-refractivity contribution in [2.24, 2.45) is 0 Å². The third kappa shape index (κ3) is 2.62. The highest BCUT2D eigenvalue weighted by Crippen LogP contribution is 2.26. The largest absolute Gasteiger partial charge is 0.439 e. The Morgan fingerprint density at radius 2 is 1.94 bits per heavy atom. The molecule has 0 aliphatic carbocycles. The molecule has 0 aliphatic heterocycles. The molecule has 0 saturated carbocycles. The number of hydrogen-bond donors (Lipinski definition) is 0. The summed E-state index contributed by atoms with van der Waals surface area (Å²) in [6.45, 7) is 1.91.